The second-order valence-electron chi connectivity index (χ2n) is 5.66. The lowest BCUT2D eigenvalue weighted by molar-refractivity contribution is -0.132. The Kier molecular flexibility index (Phi) is 5.60. The van der Waals surface area contributed by atoms with Crippen LogP contribution in [0.15, 0.2) is 24.3 Å². The summed E-state index contributed by atoms with van der Waals surface area (Å²) in [4.78, 5) is 25.6. The van der Waals surface area contributed by atoms with Crippen LogP contribution in [-0.4, -0.2) is 34.5 Å². The smallest absolute Gasteiger partial charge is 0.335 e. The van der Waals surface area contributed by atoms with E-state index in [0.717, 1.165) is 25.7 Å². The van der Waals surface area contributed by atoms with E-state index < -0.39 is 5.97 Å². The Hall–Kier alpha value is -2.28. The van der Waals surface area contributed by atoms with Gasteiger partial charge in [0.1, 0.15) is 0 Å². The lowest BCUT2D eigenvalue weighted by Gasteiger charge is -2.33. The van der Waals surface area contributed by atoms with E-state index in [1.54, 1.807) is 23.1 Å². The average molecular weight is 299 g/mol. The molecule has 0 unspecified atom stereocenters. The molecule has 1 fully saturated rings. The third kappa shape index (κ3) is 3.88. The first-order valence-corrected chi connectivity index (χ1v) is 7.67. The van der Waals surface area contributed by atoms with Gasteiger partial charge in [0.05, 0.1) is 18.5 Å². The molecule has 0 aromatic heterocycles. The number of aromatic carboxylic acids is 1. The monoisotopic (exact) mass is 299 g/mol. The summed E-state index contributed by atoms with van der Waals surface area (Å²) in [5.74, 6) is 1.46. The van der Waals surface area contributed by atoms with Crippen molar-refractivity contribution >= 4 is 11.9 Å². The van der Waals surface area contributed by atoms with Gasteiger partial charge in [0.15, 0.2) is 0 Å². The fourth-order valence-electron chi connectivity index (χ4n) is 3.06. The predicted octanol–water partition coefficient (Wildman–Crippen LogP) is 2.72. The number of amides is 1. The Labute approximate surface area is 131 Å². The van der Waals surface area contributed by atoms with Gasteiger partial charge in [0.25, 0.3) is 0 Å². The highest BCUT2D eigenvalue weighted by Crippen LogP contribution is 2.23. The molecule has 0 bridgehead atoms. The van der Waals surface area contributed by atoms with Gasteiger partial charge in [0.2, 0.25) is 5.91 Å². The van der Waals surface area contributed by atoms with Crippen molar-refractivity contribution in [2.45, 2.75) is 44.6 Å². The maximum Gasteiger partial charge on any atom is 0.335 e. The zero-order valence-electron chi connectivity index (χ0n) is 12.6. The van der Waals surface area contributed by atoms with E-state index in [1.807, 2.05) is 0 Å². The van der Waals surface area contributed by atoms with Gasteiger partial charge in [-0.1, -0.05) is 43.4 Å². The first-order chi connectivity index (χ1) is 10.6. The van der Waals surface area contributed by atoms with Crippen LogP contribution in [0.3, 0.4) is 0 Å². The minimum absolute atomic E-state index is 0.0840. The molecular formula is C18H21NO3. The highest BCUT2D eigenvalue weighted by Gasteiger charge is 2.25. The summed E-state index contributed by atoms with van der Waals surface area (Å²) in [5.41, 5.74) is 0.720. The van der Waals surface area contributed by atoms with Gasteiger partial charge < -0.3 is 10.0 Å². The van der Waals surface area contributed by atoms with Crippen molar-refractivity contribution in [2.24, 2.45) is 0 Å². The van der Waals surface area contributed by atoms with Gasteiger partial charge in [-0.25, -0.2) is 4.79 Å². The summed E-state index contributed by atoms with van der Waals surface area (Å²) in [6.45, 7) is 0.290. The van der Waals surface area contributed by atoms with Crippen LogP contribution in [0, 0.1) is 12.3 Å². The van der Waals surface area contributed by atoms with Crippen molar-refractivity contribution in [1.29, 1.82) is 0 Å². The number of terminal acetylenes is 1. The molecule has 1 N–H and O–H groups in total. The van der Waals surface area contributed by atoms with E-state index in [2.05, 4.69) is 5.92 Å². The van der Waals surface area contributed by atoms with Crippen molar-refractivity contribution in [1.82, 2.24) is 4.90 Å². The van der Waals surface area contributed by atoms with Crippen LogP contribution in [-0.2, 0) is 11.2 Å². The standard InChI is InChI=1S/C18H21NO3/c1-2-12-19(15-9-4-3-5-10-15)17(20)13-14-8-6-7-11-16(14)18(21)22/h1,6-8,11,15H,3-5,9-10,12-13H2,(H,21,22). The molecule has 0 aliphatic heterocycles. The first kappa shape index (κ1) is 16.1. The Balaban J connectivity index is 2.14. The number of benzene rings is 1. The SMILES string of the molecule is C#CCN(C(=O)Cc1ccccc1C(=O)O)C1CCCCC1. The number of nitrogens with zero attached hydrogens (tertiary/aromatic N) is 1. The second-order valence-corrected chi connectivity index (χ2v) is 5.66. The van der Waals surface area contributed by atoms with E-state index >= 15 is 0 Å². The molecule has 1 aliphatic rings. The summed E-state index contributed by atoms with van der Waals surface area (Å²) in [5, 5.41) is 9.21. The highest BCUT2D eigenvalue weighted by atomic mass is 16.4. The van der Waals surface area contributed by atoms with E-state index in [0.29, 0.717) is 12.1 Å². The average Bonchev–Trinajstić information content (AvgIpc) is 2.53. The van der Waals surface area contributed by atoms with Crippen LogP contribution in [0.4, 0.5) is 0 Å². The summed E-state index contributed by atoms with van der Waals surface area (Å²) in [7, 11) is 0. The number of carbonyl (C=O) groups excluding carboxylic acids is 1. The Morgan fingerprint density at radius 1 is 1.23 bits per heavy atom. The van der Waals surface area contributed by atoms with Gasteiger partial charge in [-0.05, 0) is 24.5 Å². The lowest BCUT2D eigenvalue weighted by atomic mass is 9.93. The number of hydrogen-bond donors (Lipinski definition) is 1. The summed E-state index contributed by atoms with van der Waals surface area (Å²) in [6.07, 6.45) is 10.9. The molecule has 0 spiro atoms. The normalized spacial score (nSPS) is 15.0. The minimum atomic E-state index is -1.01. The fraction of sp³-hybridized carbons (Fsp3) is 0.444. The van der Waals surface area contributed by atoms with Crippen LogP contribution < -0.4 is 0 Å². The molecule has 0 atom stereocenters. The Morgan fingerprint density at radius 3 is 2.55 bits per heavy atom. The van der Waals surface area contributed by atoms with Crippen molar-refractivity contribution in [3.8, 4) is 12.3 Å². The van der Waals surface area contributed by atoms with Gasteiger partial charge in [-0.2, -0.15) is 0 Å². The fourth-order valence-corrected chi connectivity index (χ4v) is 3.06. The largest absolute Gasteiger partial charge is 0.478 e. The number of carboxylic acids is 1. The van der Waals surface area contributed by atoms with Crippen LogP contribution in [0.2, 0.25) is 0 Å². The predicted molar refractivity (Wildman–Crippen MR) is 84.5 cm³/mol. The summed E-state index contributed by atoms with van der Waals surface area (Å²) in [6, 6.07) is 6.82. The molecule has 1 amide bonds. The molecule has 4 nitrogen and oxygen atoms in total. The number of carboxylic acid groups (broad SMARTS) is 1. The van der Waals surface area contributed by atoms with Gasteiger partial charge in [0, 0.05) is 6.04 Å². The van der Waals surface area contributed by atoms with E-state index in [4.69, 9.17) is 6.42 Å². The molecule has 0 radical (unpaired) electrons. The van der Waals surface area contributed by atoms with Crippen LogP contribution in [0.5, 0.6) is 0 Å². The molecule has 22 heavy (non-hydrogen) atoms. The third-order valence-electron chi connectivity index (χ3n) is 4.19. The molecule has 2 rings (SSSR count). The zero-order chi connectivity index (χ0) is 15.9. The van der Waals surface area contributed by atoms with Crippen molar-refractivity contribution in [2.75, 3.05) is 6.54 Å². The molecule has 1 saturated carbocycles. The molecule has 1 aromatic carbocycles. The molecular weight excluding hydrogens is 278 g/mol. The quantitative estimate of drug-likeness (QED) is 0.851. The first-order valence-electron chi connectivity index (χ1n) is 7.67. The molecule has 0 heterocycles. The molecule has 1 aromatic rings. The summed E-state index contributed by atoms with van der Waals surface area (Å²) < 4.78 is 0. The van der Waals surface area contributed by atoms with Gasteiger partial charge in [-0.3, -0.25) is 4.79 Å². The van der Waals surface area contributed by atoms with Crippen molar-refractivity contribution in [3.63, 3.8) is 0 Å². The lowest BCUT2D eigenvalue weighted by Crippen LogP contribution is -2.42. The molecule has 4 heteroatoms. The van der Waals surface area contributed by atoms with Gasteiger partial charge in [-0.15, -0.1) is 6.42 Å². The number of carbonyl (C=O) groups is 2. The van der Waals surface area contributed by atoms with Crippen molar-refractivity contribution < 1.29 is 14.7 Å². The van der Waals surface area contributed by atoms with Gasteiger partial charge >= 0.3 is 5.97 Å². The van der Waals surface area contributed by atoms with Crippen LogP contribution in [0.1, 0.15) is 48.0 Å². The third-order valence-corrected chi connectivity index (χ3v) is 4.19. The van der Waals surface area contributed by atoms with E-state index in [9.17, 15) is 14.7 Å². The maximum atomic E-state index is 12.6. The number of hydrogen-bond acceptors (Lipinski definition) is 2. The van der Waals surface area contributed by atoms with Crippen LogP contribution >= 0.6 is 0 Å². The summed E-state index contributed by atoms with van der Waals surface area (Å²) >= 11 is 0. The second kappa shape index (κ2) is 7.65. The highest BCUT2D eigenvalue weighted by molar-refractivity contribution is 5.91. The van der Waals surface area contributed by atoms with E-state index in [1.165, 1.54) is 12.5 Å². The Bertz CT molecular complexity index is 582. The maximum absolute atomic E-state index is 12.6. The topological polar surface area (TPSA) is 57.6 Å². The minimum Gasteiger partial charge on any atom is -0.478 e. The zero-order valence-corrected chi connectivity index (χ0v) is 12.6. The molecule has 0 saturated heterocycles. The van der Waals surface area contributed by atoms with Crippen LogP contribution in [0.25, 0.3) is 0 Å². The Morgan fingerprint density at radius 2 is 1.91 bits per heavy atom. The molecule has 1 aliphatic carbocycles. The molecule has 116 valence electrons. The van der Waals surface area contributed by atoms with E-state index in [-0.39, 0.29) is 23.9 Å². The number of rotatable bonds is 5. The van der Waals surface area contributed by atoms with Crippen molar-refractivity contribution in [3.05, 3.63) is 35.4 Å².